The fourth-order valence-electron chi connectivity index (χ4n) is 5.05. The molecule has 0 amide bonds. The summed E-state index contributed by atoms with van der Waals surface area (Å²) >= 11 is 0. The van der Waals surface area contributed by atoms with Crippen LogP contribution in [0.4, 0.5) is 0 Å². The quantitative estimate of drug-likeness (QED) is 0.481. The summed E-state index contributed by atoms with van der Waals surface area (Å²) in [4.78, 5) is 0. The van der Waals surface area contributed by atoms with Crippen molar-refractivity contribution < 1.29 is 9.47 Å². The second-order valence-electron chi connectivity index (χ2n) is 9.15. The molecule has 0 heterocycles. The van der Waals surface area contributed by atoms with Gasteiger partial charge in [-0.3, -0.25) is 0 Å². The Morgan fingerprint density at radius 3 is 1.32 bits per heavy atom. The summed E-state index contributed by atoms with van der Waals surface area (Å²) in [7, 11) is 0. The Labute approximate surface area is 156 Å². The van der Waals surface area contributed by atoms with Gasteiger partial charge < -0.3 is 9.47 Å². The molecule has 0 N–H and O–H groups in total. The summed E-state index contributed by atoms with van der Waals surface area (Å²) in [5.74, 6) is 1.61. The van der Waals surface area contributed by atoms with E-state index in [-0.39, 0.29) is 16.6 Å². The standard InChI is InChI=1S/C23H40O2/c1-7-17-24-22(13-9-19(3)10-14-22)21(5,6)23(25-18-8-2)15-11-20(4)12-16-23/h7-8,17-20H,9-16H2,1-6H3. The van der Waals surface area contributed by atoms with E-state index >= 15 is 0 Å². The fourth-order valence-corrected chi connectivity index (χ4v) is 5.05. The normalized spacial score (nSPS) is 37.5. The Morgan fingerprint density at radius 2 is 1.04 bits per heavy atom. The van der Waals surface area contributed by atoms with E-state index in [1.807, 2.05) is 38.5 Å². The van der Waals surface area contributed by atoms with E-state index in [9.17, 15) is 0 Å². The fraction of sp³-hybridized carbons (Fsp3) is 0.826. The summed E-state index contributed by atoms with van der Waals surface area (Å²) in [6.45, 7) is 13.7. The van der Waals surface area contributed by atoms with Gasteiger partial charge in [0.25, 0.3) is 0 Å². The van der Waals surface area contributed by atoms with Gasteiger partial charge in [0.2, 0.25) is 0 Å². The van der Waals surface area contributed by atoms with Crippen LogP contribution in [0.15, 0.2) is 24.7 Å². The van der Waals surface area contributed by atoms with Crippen molar-refractivity contribution >= 4 is 0 Å². The predicted octanol–water partition coefficient (Wildman–Crippen LogP) is 7.01. The Morgan fingerprint density at radius 1 is 0.720 bits per heavy atom. The van der Waals surface area contributed by atoms with Crippen molar-refractivity contribution in [1.29, 1.82) is 0 Å². The van der Waals surface area contributed by atoms with Crippen LogP contribution in [0.3, 0.4) is 0 Å². The van der Waals surface area contributed by atoms with Gasteiger partial charge in [0.1, 0.15) is 11.2 Å². The third-order valence-electron chi connectivity index (χ3n) is 7.30. The highest BCUT2D eigenvalue weighted by Crippen LogP contribution is 2.57. The third kappa shape index (κ3) is 3.93. The number of rotatable bonds is 6. The molecule has 0 aromatic rings. The molecule has 0 saturated heterocycles. The van der Waals surface area contributed by atoms with Crippen molar-refractivity contribution in [3.05, 3.63) is 24.7 Å². The summed E-state index contributed by atoms with van der Waals surface area (Å²) in [5, 5.41) is 0. The van der Waals surface area contributed by atoms with Crippen LogP contribution in [0.1, 0.15) is 92.9 Å². The van der Waals surface area contributed by atoms with Gasteiger partial charge in [-0.1, -0.05) is 39.8 Å². The molecular weight excluding hydrogens is 308 g/mol. The predicted molar refractivity (Wildman–Crippen MR) is 106 cm³/mol. The molecule has 0 aromatic heterocycles. The molecule has 0 atom stereocenters. The first kappa shape index (κ1) is 20.4. The average molecular weight is 349 g/mol. The largest absolute Gasteiger partial charge is 0.495 e. The highest BCUT2D eigenvalue weighted by molar-refractivity contribution is 5.11. The lowest BCUT2D eigenvalue weighted by Crippen LogP contribution is -2.62. The molecule has 0 aromatic carbocycles. The van der Waals surface area contributed by atoms with E-state index in [0.717, 1.165) is 37.5 Å². The molecule has 2 fully saturated rings. The highest BCUT2D eigenvalue weighted by Gasteiger charge is 2.60. The minimum Gasteiger partial charge on any atom is -0.495 e. The average Bonchev–Trinajstić information content (AvgIpc) is 2.61. The zero-order chi connectivity index (χ0) is 18.6. The van der Waals surface area contributed by atoms with Gasteiger partial charge in [0.15, 0.2) is 0 Å². The van der Waals surface area contributed by atoms with E-state index in [4.69, 9.17) is 9.47 Å². The Kier molecular flexibility index (Phi) is 6.68. The molecule has 144 valence electrons. The molecule has 2 saturated carbocycles. The van der Waals surface area contributed by atoms with E-state index < -0.39 is 0 Å². The van der Waals surface area contributed by atoms with Gasteiger partial charge in [0.05, 0.1) is 12.5 Å². The van der Waals surface area contributed by atoms with Crippen molar-refractivity contribution in [3.8, 4) is 0 Å². The lowest BCUT2D eigenvalue weighted by atomic mass is 9.54. The molecule has 2 nitrogen and oxygen atoms in total. The molecule has 2 aliphatic carbocycles. The van der Waals surface area contributed by atoms with Crippen molar-refractivity contribution in [1.82, 2.24) is 0 Å². The van der Waals surface area contributed by atoms with Gasteiger partial charge in [-0.15, -0.1) is 0 Å². The van der Waals surface area contributed by atoms with E-state index in [0.29, 0.717) is 0 Å². The van der Waals surface area contributed by atoms with Crippen LogP contribution in [-0.4, -0.2) is 11.2 Å². The molecule has 0 unspecified atom stereocenters. The van der Waals surface area contributed by atoms with Crippen molar-refractivity contribution in [2.45, 2.75) is 104 Å². The summed E-state index contributed by atoms with van der Waals surface area (Å²) < 4.78 is 13.1. The maximum Gasteiger partial charge on any atom is 0.117 e. The van der Waals surface area contributed by atoms with Crippen LogP contribution in [0.25, 0.3) is 0 Å². The lowest BCUT2D eigenvalue weighted by Gasteiger charge is -2.59. The Hall–Kier alpha value is -0.920. The molecule has 2 heteroatoms. The van der Waals surface area contributed by atoms with Gasteiger partial charge in [-0.2, -0.15) is 0 Å². The topological polar surface area (TPSA) is 18.5 Å². The Bertz CT molecular complexity index is 416. The van der Waals surface area contributed by atoms with Gasteiger partial charge in [-0.05, 0) is 77.0 Å². The number of ether oxygens (including phenoxy) is 2. The summed E-state index contributed by atoms with van der Waals surface area (Å²) in [6.07, 6.45) is 17.4. The molecule has 0 aliphatic heterocycles. The molecule has 0 spiro atoms. The Balaban J connectivity index is 2.39. The van der Waals surface area contributed by atoms with E-state index in [1.54, 1.807) is 0 Å². The first-order chi connectivity index (χ1) is 11.8. The van der Waals surface area contributed by atoms with E-state index in [1.165, 1.54) is 25.7 Å². The second kappa shape index (κ2) is 8.18. The maximum absolute atomic E-state index is 6.53. The molecular formula is C23H40O2. The van der Waals surface area contributed by atoms with Gasteiger partial charge in [-0.25, -0.2) is 0 Å². The number of allylic oxidation sites excluding steroid dienone is 2. The number of hydrogen-bond acceptors (Lipinski definition) is 2. The van der Waals surface area contributed by atoms with Crippen LogP contribution >= 0.6 is 0 Å². The van der Waals surface area contributed by atoms with Crippen LogP contribution < -0.4 is 0 Å². The van der Waals surface area contributed by atoms with Crippen LogP contribution in [-0.2, 0) is 9.47 Å². The smallest absolute Gasteiger partial charge is 0.117 e. The zero-order valence-corrected chi connectivity index (χ0v) is 17.4. The third-order valence-corrected chi connectivity index (χ3v) is 7.30. The minimum atomic E-state index is -0.131. The number of hydrogen-bond donors (Lipinski definition) is 0. The van der Waals surface area contributed by atoms with Crippen LogP contribution in [0.2, 0.25) is 0 Å². The van der Waals surface area contributed by atoms with Gasteiger partial charge in [0, 0.05) is 5.41 Å². The second-order valence-corrected chi connectivity index (χ2v) is 9.15. The first-order valence-electron chi connectivity index (χ1n) is 10.4. The lowest BCUT2D eigenvalue weighted by molar-refractivity contribution is -0.213. The summed E-state index contributed by atoms with van der Waals surface area (Å²) in [5.41, 5.74) is -0.304. The molecule has 0 radical (unpaired) electrons. The summed E-state index contributed by atoms with van der Waals surface area (Å²) in [6, 6.07) is 0. The molecule has 2 rings (SSSR count). The molecule has 25 heavy (non-hydrogen) atoms. The minimum absolute atomic E-state index is 0.0424. The van der Waals surface area contributed by atoms with Crippen LogP contribution in [0.5, 0.6) is 0 Å². The van der Waals surface area contributed by atoms with Crippen molar-refractivity contribution in [2.75, 3.05) is 0 Å². The van der Waals surface area contributed by atoms with Crippen molar-refractivity contribution in [2.24, 2.45) is 17.3 Å². The van der Waals surface area contributed by atoms with Crippen LogP contribution in [0, 0.1) is 17.3 Å². The zero-order valence-electron chi connectivity index (χ0n) is 17.4. The SMILES string of the molecule is CC=COC1(C(C)(C)C2(OC=CC)CCC(C)CC2)CCC(C)CC1. The molecule has 0 bridgehead atoms. The monoisotopic (exact) mass is 348 g/mol. The highest BCUT2D eigenvalue weighted by atomic mass is 16.5. The van der Waals surface area contributed by atoms with Crippen molar-refractivity contribution in [3.63, 3.8) is 0 Å². The maximum atomic E-state index is 6.53. The van der Waals surface area contributed by atoms with Gasteiger partial charge >= 0.3 is 0 Å². The molecule has 2 aliphatic rings. The van der Waals surface area contributed by atoms with E-state index in [2.05, 4.69) is 27.7 Å². The first-order valence-corrected chi connectivity index (χ1v) is 10.4.